The van der Waals surface area contributed by atoms with Crippen LogP contribution in [0.2, 0.25) is 0 Å². The number of hydrogen-bond acceptors (Lipinski definition) is 0. The van der Waals surface area contributed by atoms with Gasteiger partial charge in [-0.15, -0.1) is 0 Å². The first kappa shape index (κ1) is 45.8. The van der Waals surface area contributed by atoms with E-state index in [1.54, 1.807) is 44.1 Å². The molecule has 0 aromatic heterocycles. The molecule has 0 N–H and O–H groups in total. The van der Waals surface area contributed by atoms with Gasteiger partial charge in [-0.25, -0.2) is 0 Å². The van der Waals surface area contributed by atoms with Crippen molar-refractivity contribution < 1.29 is 0 Å². The molecule has 0 spiro atoms. The van der Waals surface area contributed by atoms with Crippen molar-refractivity contribution in [2.24, 2.45) is 0 Å². The highest BCUT2D eigenvalue weighted by Gasteiger charge is 2.58. The van der Waals surface area contributed by atoms with E-state index in [1.807, 2.05) is 16.3 Å². The first-order valence-electron chi connectivity index (χ1n) is 25.7. The van der Waals surface area contributed by atoms with Crippen molar-refractivity contribution in [1.82, 2.24) is 0 Å². The highest BCUT2D eigenvalue weighted by molar-refractivity contribution is 6.90. The van der Waals surface area contributed by atoms with E-state index in [-0.39, 0.29) is 43.3 Å². The lowest BCUT2D eigenvalue weighted by atomic mass is 9.70. The molecule has 0 aliphatic heterocycles. The molecule has 0 amide bonds. The normalized spacial score (nSPS) is 22.7. The number of rotatable bonds is 15. The Morgan fingerprint density at radius 2 is 0.700 bits per heavy atom. The Balaban J connectivity index is 1.80. The molecule has 0 fully saturated rings. The fraction of sp³-hybridized carbons (Fsp3) is 0.678. The van der Waals surface area contributed by atoms with Gasteiger partial charge < -0.3 is 0 Å². The summed E-state index contributed by atoms with van der Waals surface area (Å²) in [5.74, 6) is 0. The Bertz CT molecular complexity index is 1980. The molecule has 0 saturated carbocycles. The van der Waals surface area contributed by atoms with Crippen molar-refractivity contribution in [3.05, 3.63) is 92.5 Å². The molecular weight excluding hydrogens is 737 g/mol. The van der Waals surface area contributed by atoms with Gasteiger partial charge in [0.2, 0.25) is 0 Å². The van der Waals surface area contributed by atoms with Crippen molar-refractivity contribution in [3.63, 3.8) is 0 Å². The lowest BCUT2D eigenvalue weighted by Crippen LogP contribution is -2.47. The third kappa shape index (κ3) is 6.08. The predicted octanol–water partition coefficient (Wildman–Crippen LogP) is 15.2. The van der Waals surface area contributed by atoms with E-state index in [0.29, 0.717) is 0 Å². The second-order valence-electron chi connectivity index (χ2n) is 22.6. The van der Waals surface area contributed by atoms with Crippen molar-refractivity contribution >= 4 is 24.5 Å². The predicted molar refractivity (Wildman–Crippen MR) is 268 cm³/mol. The zero-order chi connectivity index (χ0) is 43.9. The summed E-state index contributed by atoms with van der Waals surface area (Å²) >= 11 is 0. The zero-order valence-electron chi connectivity index (χ0n) is 41.9. The van der Waals surface area contributed by atoms with E-state index in [2.05, 4.69) is 159 Å². The van der Waals surface area contributed by atoms with Crippen LogP contribution in [0, 0.1) is 0 Å². The van der Waals surface area contributed by atoms with Gasteiger partial charge in [-0.2, -0.15) is 0 Å². The van der Waals surface area contributed by atoms with E-state index in [9.17, 15) is 0 Å². The summed E-state index contributed by atoms with van der Waals surface area (Å²) in [4.78, 5) is 0. The molecule has 3 aromatic rings. The second-order valence-corrected chi connectivity index (χ2v) is 24.7. The lowest BCUT2D eigenvalue weighted by Gasteiger charge is -2.37. The molecule has 0 nitrogen and oxygen atoms in total. The summed E-state index contributed by atoms with van der Waals surface area (Å²) in [6, 6.07) is 18.0. The minimum Gasteiger partial charge on any atom is -0.0653 e. The fourth-order valence-corrected chi connectivity index (χ4v) is 19.1. The summed E-state index contributed by atoms with van der Waals surface area (Å²) in [5.41, 5.74) is 20.5. The maximum atomic E-state index is 3.09. The van der Waals surface area contributed by atoms with Crippen LogP contribution in [0.4, 0.5) is 0 Å². The number of hydrogen-bond donors (Lipinski definition) is 0. The Hall–Kier alpha value is -2.25. The van der Waals surface area contributed by atoms with Gasteiger partial charge in [0, 0.05) is 0 Å². The molecule has 4 aliphatic rings. The highest BCUT2D eigenvalue weighted by Crippen LogP contribution is 2.63. The van der Waals surface area contributed by atoms with Gasteiger partial charge in [-0.1, -0.05) is 159 Å². The second kappa shape index (κ2) is 15.8. The lowest BCUT2D eigenvalue weighted by molar-refractivity contribution is 0.279. The Labute approximate surface area is 372 Å². The molecule has 328 valence electrons. The molecule has 0 bridgehead atoms. The van der Waals surface area contributed by atoms with Crippen LogP contribution in [0.25, 0.3) is 0 Å². The molecule has 4 aliphatic carbocycles. The molecule has 0 saturated heterocycles. The Kier molecular flexibility index (Phi) is 12.0. The van der Waals surface area contributed by atoms with Crippen LogP contribution in [0.3, 0.4) is 0 Å². The van der Waals surface area contributed by atoms with Gasteiger partial charge in [-0.3, -0.25) is 0 Å². The van der Waals surface area contributed by atoms with Crippen molar-refractivity contribution in [3.8, 4) is 0 Å². The van der Waals surface area contributed by atoms with Crippen molar-refractivity contribution in [2.75, 3.05) is 0 Å². The zero-order valence-corrected chi connectivity index (χ0v) is 42.9. The fourth-order valence-electron chi connectivity index (χ4n) is 16.0. The van der Waals surface area contributed by atoms with Crippen LogP contribution in [-0.2, 0) is 43.3 Å². The van der Waals surface area contributed by atoms with Crippen LogP contribution < -0.4 is 10.4 Å². The van der Waals surface area contributed by atoms with E-state index in [0.717, 1.165) is 0 Å². The van der Waals surface area contributed by atoms with Gasteiger partial charge in [0.05, 0.1) is 8.41 Å². The first-order chi connectivity index (χ1) is 28.5. The van der Waals surface area contributed by atoms with Crippen LogP contribution in [-0.4, -0.2) is 14.1 Å². The Morgan fingerprint density at radius 1 is 0.400 bits per heavy atom. The van der Waals surface area contributed by atoms with Crippen LogP contribution in [0.1, 0.15) is 264 Å². The average Bonchev–Trinajstić information content (AvgIpc) is 3.90. The monoisotopic (exact) mass is 825 g/mol. The van der Waals surface area contributed by atoms with Crippen LogP contribution in [0.15, 0.2) is 42.5 Å². The molecule has 0 atom stereocenters. The molecule has 7 rings (SSSR count). The molecule has 0 heterocycles. The van der Waals surface area contributed by atoms with Gasteiger partial charge in [0.1, 0.15) is 0 Å². The topological polar surface area (TPSA) is 0 Å². The summed E-state index contributed by atoms with van der Waals surface area (Å²) < 4.78 is 0. The summed E-state index contributed by atoms with van der Waals surface area (Å²) in [7, 11) is -1.48. The maximum Gasteiger partial charge on any atom is 0.0815 e. The number of benzene rings is 3. The average molecular weight is 825 g/mol. The molecule has 1 heteroatoms. The molecule has 3 aromatic carbocycles. The van der Waals surface area contributed by atoms with Crippen LogP contribution >= 0.6 is 0 Å². The van der Waals surface area contributed by atoms with E-state index in [4.69, 9.17) is 0 Å². The standard InChI is InChI=1S/C59H88Si/c1-17-54(18-2)37-52(13,14)47-42(48-44(34-43(47)54)55(19-3,20-4)38-53(48,15)16)36-60(41-32-30-29-31-33-41)51-49-45(56(21-5,22-6)39-58(49,25-9)26-10)35-46-50(51)59(27-11,28-12)40-57(46,23-7)24-8/h29-36H,17-28,37-40H2,1-16H3/b60-36+. The van der Waals surface area contributed by atoms with Gasteiger partial charge in [-0.05, 0) is 206 Å². The first-order valence-corrected chi connectivity index (χ1v) is 27.3. The van der Waals surface area contributed by atoms with Crippen molar-refractivity contribution in [2.45, 2.75) is 257 Å². The molecule has 0 radical (unpaired) electrons. The highest BCUT2D eigenvalue weighted by atomic mass is 28.2. The smallest absolute Gasteiger partial charge is 0.0653 e. The quantitative estimate of drug-likeness (QED) is 0.134. The summed E-state index contributed by atoms with van der Waals surface area (Å²) in [5, 5.41) is 3.47. The summed E-state index contributed by atoms with van der Waals surface area (Å²) in [6.07, 6.45) is 19.9. The van der Waals surface area contributed by atoms with E-state index < -0.39 is 8.41 Å². The molecular formula is C59H88Si. The minimum atomic E-state index is -1.48. The minimum absolute atomic E-state index is 0.110. The third-order valence-corrected chi connectivity index (χ3v) is 22.6. The van der Waals surface area contributed by atoms with E-state index >= 15 is 0 Å². The molecule has 0 unspecified atom stereocenters. The third-order valence-electron chi connectivity index (χ3n) is 20.1. The molecule has 60 heavy (non-hydrogen) atoms. The Morgan fingerprint density at radius 3 is 1.02 bits per heavy atom. The summed E-state index contributed by atoms with van der Waals surface area (Å²) in [6.45, 7) is 40.9. The van der Waals surface area contributed by atoms with Gasteiger partial charge in [0.25, 0.3) is 0 Å². The van der Waals surface area contributed by atoms with Crippen LogP contribution in [0.5, 0.6) is 0 Å². The number of fused-ring (bicyclic) bond motifs is 4. The van der Waals surface area contributed by atoms with E-state index in [1.165, 1.54) is 103 Å². The maximum absolute atomic E-state index is 3.09. The SMILES string of the molecule is CCC1(CC)CC(C)(C)c2c1cc1c(c2/C=[Si](\c2ccccc2)c2c3c(cc4c2C(CC)(CC)CC4(CC)CC)C(CC)(CC)CC3(CC)CC)C(C)(C)CC1(CC)CC. The van der Waals surface area contributed by atoms with Gasteiger partial charge in [0.15, 0.2) is 0 Å². The largest absolute Gasteiger partial charge is 0.0815 e. The van der Waals surface area contributed by atoms with Gasteiger partial charge >= 0.3 is 0 Å². The van der Waals surface area contributed by atoms with Crippen molar-refractivity contribution in [1.29, 1.82) is 0 Å².